The monoisotopic (exact) mass is 343 g/mol. The molecule has 7 nitrogen and oxygen atoms in total. The molecule has 3 N–H and O–H groups in total. The number of benzene rings is 1. The summed E-state index contributed by atoms with van der Waals surface area (Å²) in [5.41, 5.74) is 6.58. The lowest BCUT2D eigenvalue weighted by Crippen LogP contribution is -2.32. The van der Waals surface area contributed by atoms with Crippen LogP contribution in [0.1, 0.15) is 30.8 Å². The van der Waals surface area contributed by atoms with E-state index in [0.29, 0.717) is 17.8 Å². The van der Waals surface area contributed by atoms with Crippen molar-refractivity contribution in [2.24, 2.45) is 11.1 Å². The molecule has 0 saturated heterocycles. The first-order valence-corrected chi connectivity index (χ1v) is 8.07. The minimum absolute atomic E-state index is 0.0680. The van der Waals surface area contributed by atoms with Gasteiger partial charge in [0.25, 0.3) is 5.91 Å². The summed E-state index contributed by atoms with van der Waals surface area (Å²) >= 11 is 0. The van der Waals surface area contributed by atoms with Crippen LogP contribution in [0.25, 0.3) is 5.69 Å². The van der Waals surface area contributed by atoms with Crippen molar-refractivity contribution in [3.63, 3.8) is 0 Å². The molecular formula is C18H25N5O2. The molecule has 1 heterocycles. The summed E-state index contributed by atoms with van der Waals surface area (Å²) in [6.07, 6.45) is 2.03. The third-order valence-electron chi connectivity index (χ3n) is 3.65. The highest BCUT2D eigenvalue weighted by Crippen LogP contribution is 2.24. The molecule has 0 aliphatic heterocycles. The quantitative estimate of drug-likeness (QED) is 0.803. The number of hydrogen-bond donors (Lipinski definition) is 2. The highest BCUT2D eigenvalue weighted by molar-refractivity contribution is 5.93. The smallest absolute Gasteiger partial charge is 0.269 e. The molecule has 0 aliphatic carbocycles. The number of carbonyl (C=O) groups excluding carboxylic acids is 2. The fraction of sp³-hybridized carbons (Fsp3) is 0.389. The molecule has 7 heteroatoms. The number of nitrogens with two attached hydrogens (primary N) is 1. The molecule has 134 valence electrons. The molecule has 0 radical (unpaired) electrons. The third-order valence-corrected chi connectivity index (χ3v) is 3.65. The number of aromatic nitrogens is 2. The maximum atomic E-state index is 12.5. The zero-order valence-corrected chi connectivity index (χ0v) is 15.1. The second-order valence-electron chi connectivity index (χ2n) is 7.15. The van der Waals surface area contributed by atoms with Crippen LogP contribution in [0, 0.1) is 5.41 Å². The van der Waals surface area contributed by atoms with Gasteiger partial charge in [0.2, 0.25) is 5.91 Å². The van der Waals surface area contributed by atoms with E-state index < -0.39 is 5.91 Å². The molecule has 0 fully saturated rings. The molecule has 25 heavy (non-hydrogen) atoms. The molecule has 0 aliphatic rings. The Labute approximate surface area is 147 Å². The van der Waals surface area contributed by atoms with E-state index in [9.17, 15) is 9.59 Å². The van der Waals surface area contributed by atoms with Gasteiger partial charge >= 0.3 is 0 Å². The number of para-hydroxylation sites is 2. The average molecular weight is 343 g/mol. The summed E-state index contributed by atoms with van der Waals surface area (Å²) in [6.45, 7) is 4.93. The van der Waals surface area contributed by atoms with E-state index in [-0.39, 0.29) is 17.0 Å². The lowest BCUT2D eigenvalue weighted by molar-refractivity contribution is -0.118. The molecule has 2 aromatic rings. The summed E-state index contributed by atoms with van der Waals surface area (Å²) in [7, 11) is 3.98. The number of hydrogen-bond acceptors (Lipinski definition) is 4. The fourth-order valence-corrected chi connectivity index (χ4v) is 2.91. The second kappa shape index (κ2) is 7.48. The van der Waals surface area contributed by atoms with E-state index in [1.54, 1.807) is 18.3 Å². The Morgan fingerprint density at radius 1 is 1.24 bits per heavy atom. The van der Waals surface area contributed by atoms with Gasteiger partial charge in [-0.05, 0) is 37.7 Å². The van der Waals surface area contributed by atoms with E-state index in [1.807, 2.05) is 32.3 Å². The molecule has 0 unspecified atom stereocenters. The Balaban J connectivity index is 2.17. The van der Waals surface area contributed by atoms with Crippen molar-refractivity contribution in [1.29, 1.82) is 0 Å². The van der Waals surface area contributed by atoms with Crippen LogP contribution in [0.4, 0.5) is 5.69 Å². The number of amides is 2. The number of nitrogens with one attached hydrogen (secondary N) is 1. The molecule has 1 aromatic heterocycles. The van der Waals surface area contributed by atoms with Crippen molar-refractivity contribution in [2.75, 3.05) is 26.0 Å². The Hall–Kier alpha value is -2.67. The van der Waals surface area contributed by atoms with Gasteiger partial charge in [-0.15, -0.1) is 0 Å². The van der Waals surface area contributed by atoms with Gasteiger partial charge in [-0.25, -0.2) is 4.68 Å². The highest BCUT2D eigenvalue weighted by Gasteiger charge is 2.23. The molecule has 2 amide bonds. The van der Waals surface area contributed by atoms with Crippen LogP contribution in [0.5, 0.6) is 0 Å². The molecule has 0 bridgehead atoms. The van der Waals surface area contributed by atoms with Gasteiger partial charge < -0.3 is 16.0 Å². The maximum Gasteiger partial charge on any atom is 0.269 e. The van der Waals surface area contributed by atoms with Gasteiger partial charge in [-0.3, -0.25) is 9.59 Å². The molecular weight excluding hydrogens is 318 g/mol. The van der Waals surface area contributed by atoms with Crippen molar-refractivity contribution in [2.45, 2.75) is 20.3 Å². The van der Waals surface area contributed by atoms with Crippen molar-refractivity contribution < 1.29 is 9.59 Å². The topological polar surface area (TPSA) is 93.3 Å². The third kappa shape index (κ3) is 5.15. The first-order chi connectivity index (χ1) is 11.7. The number of primary amides is 1. The molecule has 1 aromatic carbocycles. The predicted molar refractivity (Wildman–Crippen MR) is 97.7 cm³/mol. The van der Waals surface area contributed by atoms with Gasteiger partial charge in [-0.1, -0.05) is 26.0 Å². The van der Waals surface area contributed by atoms with Crippen molar-refractivity contribution in [1.82, 2.24) is 14.7 Å². The number of nitrogens with zero attached hydrogens (tertiary/aromatic N) is 3. The Morgan fingerprint density at radius 2 is 1.92 bits per heavy atom. The van der Waals surface area contributed by atoms with Crippen LogP contribution in [0.15, 0.2) is 36.5 Å². The van der Waals surface area contributed by atoms with E-state index >= 15 is 0 Å². The van der Waals surface area contributed by atoms with Gasteiger partial charge in [0.05, 0.1) is 11.4 Å². The van der Waals surface area contributed by atoms with Crippen molar-refractivity contribution >= 4 is 17.5 Å². The van der Waals surface area contributed by atoms with Crippen molar-refractivity contribution in [3.05, 3.63) is 42.2 Å². The van der Waals surface area contributed by atoms with Crippen molar-refractivity contribution in [3.8, 4) is 5.69 Å². The van der Waals surface area contributed by atoms with Gasteiger partial charge in [0.15, 0.2) is 0 Å². The zero-order valence-electron chi connectivity index (χ0n) is 15.1. The Kier molecular flexibility index (Phi) is 5.58. The highest BCUT2D eigenvalue weighted by atomic mass is 16.2. The normalized spacial score (nSPS) is 11.6. The molecule has 2 rings (SSSR count). The number of carbonyl (C=O) groups is 2. The fourth-order valence-electron chi connectivity index (χ4n) is 2.91. The van der Waals surface area contributed by atoms with E-state index in [1.165, 1.54) is 4.68 Å². The van der Waals surface area contributed by atoms with E-state index in [2.05, 4.69) is 29.2 Å². The van der Waals surface area contributed by atoms with E-state index in [4.69, 9.17) is 5.73 Å². The van der Waals surface area contributed by atoms with Crippen LogP contribution in [-0.2, 0) is 4.79 Å². The maximum absolute atomic E-state index is 12.5. The van der Waals surface area contributed by atoms with Crippen LogP contribution in [0.2, 0.25) is 0 Å². The zero-order chi connectivity index (χ0) is 18.6. The first kappa shape index (κ1) is 18.7. The van der Waals surface area contributed by atoms with E-state index in [0.717, 1.165) is 6.54 Å². The Bertz CT molecular complexity index is 764. The average Bonchev–Trinajstić information content (AvgIpc) is 2.95. The van der Waals surface area contributed by atoms with Gasteiger partial charge in [0, 0.05) is 19.2 Å². The lowest BCUT2D eigenvalue weighted by Gasteiger charge is -2.27. The summed E-state index contributed by atoms with van der Waals surface area (Å²) in [5, 5.41) is 7.09. The van der Waals surface area contributed by atoms with Crippen LogP contribution < -0.4 is 11.1 Å². The molecule has 0 spiro atoms. The SMILES string of the molecule is CN(C)CC(C)(C)CC(=O)Nc1ccccc1-n1ccc(C(N)=O)n1. The first-order valence-electron chi connectivity index (χ1n) is 8.07. The van der Waals surface area contributed by atoms with Gasteiger partial charge in [0.1, 0.15) is 5.69 Å². The van der Waals surface area contributed by atoms with Crippen LogP contribution >= 0.6 is 0 Å². The standard InChI is InChI=1S/C18H25N5O2/c1-18(2,12-22(3)4)11-16(24)20-13-7-5-6-8-15(13)23-10-9-14(21-23)17(19)25/h5-10H,11-12H2,1-4H3,(H2,19,25)(H,20,24). The summed E-state index contributed by atoms with van der Waals surface area (Å²) < 4.78 is 1.53. The van der Waals surface area contributed by atoms with Gasteiger partial charge in [-0.2, -0.15) is 5.10 Å². The summed E-state index contributed by atoms with van der Waals surface area (Å²) in [4.78, 5) is 25.8. The van der Waals surface area contributed by atoms with Crippen LogP contribution in [0.3, 0.4) is 0 Å². The molecule has 0 atom stereocenters. The number of rotatable bonds is 7. The summed E-state index contributed by atoms with van der Waals surface area (Å²) in [5.74, 6) is -0.660. The predicted octanol–water partition coefficient (Wildman–Crippen LogP) is 1.89. The lowest BCUT2D eigenvalue weighted by atomic mass is 9.88. The Morgan fingerprint density at radius 3 is 2.52 bits per heavy atom. The minimum atomic E-state index is -0.592. The summed E-state index contributed by atoms with van der Waals surface area (Å²) in [6, 6.07) is 8.84. The largest absolute Gasteiger partial charge is 0.364 e. The molecule has 0 saturated carbocycles. The minimum Gasteiger partial charge on any atom is -0.364 e. The van der Waals surface area contributed by atoms with Crippen LogP contribution in [-0.4, -0.2) is 47.1 Å². The number of anilines is 1. The second-order valence-corrected chi connectivity index (χ2v) is 7.15.